The lowest BCUT2D eigenvalue weighted by Gasteiger charge is -2.29. The van der Waals surface area contributed by atoms with Crippen LogP contribution in [0.4, 0.5) is 17.1 Å². The van der Waals surface area contributed by atoms with E-state index in [1.165, 1.54) is 33.4 Å². The Morgan fingerprint density at radius 2 is 0.974 bits per heavy atom. The molecule has 190 valence electrons. The van der Waals surface area contributed by atoms with E-state index < -0.39 is 0 Å². The van der Waals surface area contributed by atoms with E-state index in [4.69, 9.17) is 0 Å². The molecule has 1 atom stereocenters. The number of rotatable bonds is 6. The van der Waals surface area contributed by atoms with Gasteiger partial charge in [0.1, 0.15) is 0 Å². The first-order valence-electron chi connectivity index (χ1n) is 13.7. The second-order valence-electron chi connectivity index (χ2n) is 10.6. The number of nitrogens with zero attached hydrogens (tertiary/aromatic N) is 1. The fraction of sp³-hybridized carbons (Fsp3) is 0.105. The van der Waals surface area contributed by atoms with E-state index in [0.29, 0.717) is 0 Å². The van der Waals surface area contributed by atoms with E-state index in [2.05, 4.69) is 170 Å². The highest BCUT2D eigenvalue weighted by Crippen LogP contribution is 2.38. The molecular formula is C38H33N. The van der Waals surface area contributed by atoms with Crippen LogP contribution in [0.25, 0.3) is 22.3 Å². The van der Waals surface area contributed by atoms with Crippen LogP contribution in [-0.2, 0) is 5.41 Å². The molecule has 0 fully saturated rings. The Bertz CT molecular complexity index is 1590. The lowest BCUT2D eigenvalue weighted by molar-refractivity contribution is 0.600. The summed E-state index contributed by atoms with van der Waals surface area (Å²) in [6, 6.07) is 46.1. The molecule has 5 aromatic rings. The summed E-state index contributed by atoms with van der Waals surface area (Å²) in [6.07, 6.45) is 9.88. The van der Waals surface area contributed by atoms with Crippen LogP contribution < -0.4 is 4.90 Å². The molecule has 1 aliphatic carbocycles. The normalized spacial score (nSPS) is 16.3. The van der Waals surface area contributed by atoms with Crippen molar-refractivity contribution in [1.29, 1.82) is 0 Å². The van der Waals surface area contributed by atoms with E-state index >= 15 is 0 Å². The summed E-state index contributed by atoms with van der Waals surface area (Å²) in [7, 11) is 0. The third-order valence-electron chi connectivity index (χ3n) is 7.78. The van der Waals surface area contributed by atoms with Crippen LogP contribution in [0.5, 0.6) is 0 Å². The molecule has 0 saturated heterocycles. The molecule has 0 amide bonds. The van der Waals surface area contributed by atoms with E-state index in [1.807, 2.05) is 0 Å². The zero-order chi connectivity index (χ0) is 26.7. The highest BCUT2D eigenvalue weighted by molar-refractivity contribution is 5.79. The van der Waals surface area contributed by atoms with Crippen LogP contribution in [0, 0.1) is 6.92 Å². The number of hydrogen-bond donors (Lipinski definition) is 0. The van der Waals surface area contributed by atoms with Crippen LogP contribution in [0.1, 0.15) is 24.5 Å². The van der Waals surface area contributed by atoms with Gasteiger partial charge in [0, 0.05) is 22.5 Å². The number of hydrogen-bond acceptors (Lipinski definition) is 1. The fourth-order valence-corrected chi connectivity index (χ4v) is 5.36. The van der Waals surface area contributed by atoms with Crippen LogP contribution >= 0.6 is 0 Å². The summed E-state index contributed by atoms with van der Waals surface area (Å²) in [6.45, 7) is 4.43. The van der Waals surface area contributed by atoms with Gasteiger partial charge in [-0.1, -0.05) is 128 Å². The van der Waals surface area contributed by atoms with E-state index in [9.17, 15) is 0 Å². The van der Waals surface area contributed by atoms with E-state index in [1.54, 1.807) is 0 Å². The second kappa shape index (κ2) is 10.6. The second-order valence-corrected chi connectivity index (χ2v) is 10.6. The molecule has 39 heavy (non-hydrogen) atoms. The Labute approximate surface area is 232 Å². The maximum atomic E-state index is 2.33. The maximum absolute atomic E-state index is 2.33. The standard InChI is InChI=1S/C38H33N/c1-29-11-13-30(14-12-29)31-15-17-32(18-16-31)33-19-23-36(24-20-33)39(35-9-5-3-6-10-35)37-25-21-34(22-26-37)38(2)27-7-4-8-28-38/h3-27H,28H2,1-2H3. The van der Waals surface area contributed by atoms with Crippen LogP contribution in [0.3, 0.4) is 0 Å². The first-order chi connectivity index (χ1) is 19.1. The predicted molar refractivity (Wildman–Crippen MR) is 167 cm³/mol. The van der Waals surface area contributed by atoms with Gasteiger partial charge in [-0.15, -0.1) is 0 Å². The quantitative estimate of drug-likeness (QED) is 0.223. The van der Waals surface area contributed by atoms with Crippen molar-refractivity contribution < 1.29 is 0 Å². The van der Waals surface area contributed by atoms with Crippen LogP contribution in [0.15, 0.2) is 152 Å². The minimum atomic E-state index is 0.0432. The molecule has 0 aromatic heterocycles. The van der Waals surface area contributed by atoms with Crippen molar-refractivity contribution in [2.24, 2.45) is 0 Å². The summed E-state index contributed by atoms with van der Waals surface area (Å²) in [5.41, 5.74) is 11.0. The van der Waals surface area contributed by atoms with Crippen LogP contribution in [-0.4, -0.2) is 0 Å². The molecule has 0 N–H and O–H groups in total. The smallest absolute Gasteiger partial charge is 0.0462 e. The number of allylic oxidation sites excluding steroid dienone is 4. The van der Waals surface area contributed by atoms with Gasteiger partial charge in [0.2, 0.25) is 0 Å². The molecule has 0 saturated carbocycles. The Balaban J connectivity index is 1.29. The summed E-state index contributed by atoms with van der Waals surface area (Å²) < 4.78 is 0. The van der Waals surface area contributed by atoms with Gasteiger partial charge in [0.25, 0.3) is 0 Å². The van der Waals surface area contributed by atoms with Gasteiger partial charge in [0.15, 0.2) is 0 Å². The lowest BCUT2D eigenvalue weighted by Crippen LogP contribution is -2.19. The van der Waals surface area contributed by atoms with Gasteiger partial charge in [-0.3, -0.25) is 0 Å². The molecule has 1 heteroatoms. The number of anilines is 3. The molecule has 6 rings (SSSR count). The van der Waals surface area contributed by atoms with Gasteiger partial charge >= 0.3 is 0 Å². The Kier molecular flexibility index (Phi) is 6.73. The Morgan fingerprint density at radius 1 is 0.513 bits per heavy atom. The molecule has 1 nitrogen and oxygen atoms in total. The van der Waals surface area contributed by atoms with Crippen molar-refractivity contribution in [3.8, 4) is 22.3 Å². The molecule has 0 heterocycles. The number of para-hydroxylation sites is 1. The molecule has 0 aliphatic heterocycles. The Hall–Kier alpha value is -4.62. The monoisotopic (exact) mass is 503 g/mol. The van der Waals surface area contributed by atoms with Crippen molar-refractivity contribution in [2.75, 3.05) is 4.90 Å². The molecular weight excluding hydrogens is 470 g/mol. The number of aryl methyl sites for hydroxylation is 1. The molecule has 1 aliphatic rings. The van der Waals surface area contributed by atoms with Gasteiger partial charge in [-0.2, -0.15) is 0 Å². The molecule has 5 aromatic carbocycles. The predicted octanol–water partition coefficient (Wildman–Crippen LogP) is 10.6. The van der Waals surface area contributed by atoms with Gasteiger partial charge in [0.05, 0.1) is 0 Å². The van der Waals surface area contributed by atoms with E-state index in [-0.39, 0.29) is 5.41 Å². The van der Waals surface area contributed by atoms with Crippen molar-refractivity contribution in [3.05, 3.63) is 163 Å². The zero-order valence-electron chi connectivity index (χ0n) is 22.6. The largest absolute Gasteiger partial charge is 0.311 e. The first-order valence-corrected chi connectivity index (χ1v) is 13.7. The van der Waals surface area contributed by atoms with Gasteiger partial charge < -0.3 is 4.90 Å². The summed E-state index contributed by atoms with van der Waals surface area (Å²) >= 11 is 0. The summed E-state index contributed by atoms with van der Waals surface area (Å²) in [5.74, 6) is 0. The summed E-state index contributed by atoms with van der Waals surface area (Å²) in [5, 5.41) is 0. The van der Waals surface area contributed by atoms with Gasteiger partial charge in [-0.05, 0) is 77.6 Å². The Morgan fingerprint density at radius 3 is 1.49 bits per heavy atom. The average Bonchev–Trinajstić information content (AvgIpc) is 2.99. The molecule has 1 unspecified atom stereocenters. The average molecular weight is 504 g/mol. The third kappa shape index (κ3) is 5.22. The first kappa shape index (κ1) is 24.7. The minimum absolute atomic E-state index is 0.0432. The van der Waals surface area contributed by atoms with Crippen LogP contribution in [0.2, 0.25) is 0 Å². The van der Waals surface area contributed by atoms with E-state index in [0.717, 1.165) is 23.5 Å². The number of benzene rings is 5. The molecule has 0 spiro atoms. The van der Waals surface area contributed by atoms with Crippen molar-refractivity contribution in [3.63, 3.8) is 0 Å². The fourth-order valence-electron chi connectivity index (χ4n) is 5.36. The molecule has 0 radical (unpaired) electrons. The molecule has 0 bridgehead atoms. The lowest BCUT2D eigenvalue weighted by atomic mass is 9.77. The van der Waals surface area contributed by atoms with Gasteiger partial charge in [-0.25, -0.2) is 0 Å². The summed E-state index contributed by atoms with van der Waals surface area (Å²) in [4.78, 5) is 2.33. The van der Waals surface area contributed by atoms with Crippen molar-refractivity contribution in [1.82, 2.24) is 0 Å². The zero-order valence-corrected chi connectivity index (χ0v) is 22.6. The third-order valence-corrected chi connectivity index (χ3v) is 7.78. The van der Waals surface area contributed by atoms with Crippen molar-refractivity contribution in [2.45, 2.75) is 25.7 Å². The minimum Gasteiger partial charge on any atom is -0.311 e. The topological polar surface area (TPSA) is 3.24 Å². The highest BCUT2D eigenvalue weighted by Gasteiger charge is 2.23. The maximum Gasteiger partial charge on any atom is 0.0462 e. The SMILES string of the molecule is Cc1ccc(-c2ccc(-c3ccc(N(c4ccccc4)c4ccc(C5(C)C=CC=CC5)cc4)cc3)cc2)cc1. The van der Waals surface area contributed by atoms with Crippen molar-refractivity contribution >= 4 is 17.1 Å². The highest BCUT2D eigenvalue weighted by atomic mass is 15.1.